The zero-order valence-electron chi connectivity index (χ0n) is 10.9. The lowest BCUT2D eigenvalue weighted by molar-refractivity contribution is 0.00568. The van der Waals surface area contributed by atoms with Crippen LogP contribution in [0.3, 0.4) is 0 Å². The van der Waals surface area contributed by atoms with Gasteiger partial charge in [-0.15, -0.1) is 0 Å². The molecule has 0 radical (unpaired) electrons. The lowest BCUT2D eigenvalue weighted by atomic mass is 9.79. The second-order valence-electron chi connectivity index (χ2n) is 5.79. The van der Waals surface area contributed by atoms with E-state index in [4.69, 9.17) is 0 Å². The van der Waals surface area contributed by atoms with Crippen LogP contribution < -0.4 is 0 Å². The third-order valence-corrected chi connectivity index (χ3v) is 4.52. The number of aliphatic hydroxyl groups is 1. The fraction of sp³-hybridized carbons (Fsp3) is 1.00. The first kappa shape index (κ1) is 13.3. The Hall–Kier alpha value is -0.150. The van der Waals surface area contributed by atoms with Gasteiger partial charge >= 0.3 is 0 Å². The summed E-state index contributed by atoms with van der Waals surface area (Å²) >= 11 is 0. The quantitative estimate of drug-likeness (QED) is 0.824. The summed E-state index contributed by atoms with van der Waals surface area (Å²) in [6, 6.07) is 0.506. The minimum atomic E-state index is -0.593. The summed E-state index contributed by atoms with van der Waals surface area (Å²) in [6.45, 7) is 4.01. The Kier molecular flexibility index (Phi) is 4.80. The molecule has 1 aliphatic carbocycles. The van der Waals surface area contributed by atoms with Gasteiger partial charge in [-0.1, -0.05) is 13.3 Å². The van der Waals surface area contributed by atoms with Crippen LogP contribution in [0.5, 0.6) is 0 Å². The van der Waals surface area contributed by atoms with Crippen LogP contribution in [0.2, 0.25) is 0 Å². The molecule has 17 heavy (non-hydrogen) atoms. The van der Waals surface area contributed by atoms with Gasteiger partial charge in [-0.3, -0.25) is 4.90 Å². The van der Waals surface area contributed by atoms with Crippen molar-refractivity contribution in [2.75, 3.05) is 13.1 Å². The Morgan fingerprint density at radius 1 is 1.18 bits per heavy atom. The van der Waals surface area contributed by atoms with Gasteiger partial charge in [0.2, 0.25) is 0 Å². The lowest BCUT2D eigenvalue weighted by Gasteiger charge is -2.43. The van der Waals surface area contributed by atoms with Gasteiger partial charge in [0.05, 0.1) is 6.10 Å². The molecule has 1 heterocycles. The van der Waals surface area contributed by atoms with E-state index in [2.05, 4.69) is 11.8 Å². The summed E-state index contributed by atoms with van der Waals surface area (Å²) in [6.07, 6.45) is 6.14. The van der Waals surface area contributed by atoms with Crippen LogP contribution in [0.25, 0.3) is 0 Å². The van der Waals surface area contributed by atoms with Crippen molar-refractivity contribution in [3.63, 3.8) is 0 Å². The second kappa shape index (κ2) is 6.14. The van der Waals surface area contributed by atoms with E-state index in [1.807, 2.05) is 0 Å². The maximum Gasteiger partial charge on any atom is 0.103 e. The van der Waals surface area contributed by atoms with E-state index in [0.717, 1.165) is 38.3 Å². The zero-order chi connectivity index (χ0) is 12.3. The molecule has 100 valence electrons. The van der Waals surface area contributed by atoms with Gasteiger partial charge in [-0.25, -0.2) is 4.39 Å². The van der Waals surface area contributed by atoms with Crippen molar-refractivity contribution in [1.29, 1.82) is 0 Å². The number of halogens is 1. The minimum Gasteiger partial charge on any atom is -0.393 e. The molecule has 0 aromatic rings. The van der Waals surface area contributed by atoms with Crippen molar-refractivity contribution < 1.29 is 9.50 Å². The van der Waals surface area contributed by atoms with E-state index < -0.39 is 6.17 Å². The molecule has 0 amide bonds. The predicted molar refractivity (Wildman–Crippen MR) is 67.7 cm³/mol. The molecule has 2 rings (SSSR count). The summed E-state index contributed by atoms with van der Waals surface area (Å²) in [5.41, 5.74) is 0. The molecule has 1 aliphatic heterocycles. The molecule has 3 heteroatoms. The molecule has 0 aromatic carbocycles. The number of likely N-dealkylation sites (tertiary alicyclic amines) is 1. The van der Waals surface area contributed by atoms with Crippen LogP contribution >= 0.6 is 0 Å². The van der Waals surface area contributed by atoms with E-state index in [1.165, 1.54) is 12.8 Å². The number of aliphatic hydroxyl groups excluding tert-OH is 1. The number of hydrogen-bond acceptors (Lipinski definition) is 2. The van der Waals surface area contributed by atoms with Crippen LogP contribution in [-0.4, -0.2) is 41.4 Å². The van der Waals surface area contributed by atoms with Crippen molar-refractivity contribution in [1.82, 2.24) is 4.90 Å². The summed E-state index contributed by atoms with van der Waals surface area (Å²) < 4.78 is 13.2. The first-order chi connectivity index (χ1) is 8.20. The Morgan fingerprint density at radius 3 is 2.53 bits per heavy atom. The van der Waals surface area contributed by atoms with Crippen molar-refractivity contribution in [2.24, 2.45) is 5.92 Å². The summed E-state index contributed by atoms with van der Waals surface area (Å²) in [4.78, 5) is 2.44. The van der Waals surface area contributed by atoms with Gasteiger partial charge in [0.25, 0.3) is 0 Å². The van der Waals surface area contributed by atoms with Gasteiger partial charge < -0.3 is 5.11 Å². The average Bonchev–Trinajstić information content (AvgIpc) is 2.33. The molecule has 2 nitrogen and oxygen atoms in total. The highest BCUT2D eigenvalue weighted by Crippen LogP contribution is 2.33. The highest BCUT2D eigenvalue weighted by atomic mass is 19.1. The average molecular weight is 243 g/mol. The predicted octanol–water partition coefficient (Wildman–Crippen LogP) is 2.75. The lowest BCUT2D eigenvalue weighted by Crippen LogP contribution is -2.49. The summed E-state index contributed by atoms with van der Waals surface area (Å²) in [5.74, 6) is 0.722. The Bertz CT molecular complexity index is 228. The summed E-state index contributed by atoms with van der Waals surface area (Å²) in [7, 11) is 0. The van der Waals surface area contributed by atoms with E-state index in [-0.39, 0.29) is 6.10 Å². The van der Waals surface area contributed by atoms with Crippen LogP contribution in [0.1, 0.15) is 51.9 Å². The van der Waals surface area contributed by atoms with Crippen LogP contribution in [0.4, 0.5) is 4.39 Å². The molecule has 1 saturated heterocycles. The van der Waals surface area contributed by atoms with E-state index >= 15 is 0 Å². The monoisotopic (exact) mass is 243 g/mol. The van der Waals surface area contributed by atoms with Gasteiger partial charge in [0.1, 0.15) is 6.17 Å². The maximum atomic E-state index is 13.2. The van der Waals surface area contributed by atoms with Crippen molar-refractivity contribution in [2.45, 2.75) is 70.2 Å². The fourth-order valence-corrected chi connectivity index (χ4v) is 3.54. The van der Waals surface area contributed by atoms with E-state index in [1.54, 1.807) is 0 Å². The standard InChI is InChI=1S/C14H26FNO/c1-2-3-11-4-5-13(17)10-14(11)16-8-6-12(15)7-9-16/h11-14,17H,2-10H2,1H3. The smallest absolute Gasteiger partial charge is 0.103 e. The Labute approximate surface area is 104 Å². The molecule has 0 bridgehead atoms. The van der Waals surface area contributed by atoms with Gasteiger partial charge in [0.15, 0.2) is 0 Å². The number of nitrogens with zero attached hydrogens (tertiary/aromatic N) is 1. The van der Waals surface area contributed by atoms with E-state index in [9.17, 15) is 9.50 Å². The third-order valence-electron chi connectivity index (χ3n) is 4.52. The second-order valence-corrected chi connectivity index (χ2v) is 5.79. The first-order valence-corrected chi connectivity index (χ1v) is 7.27. The molecule has 3 unspecified atom stereocenters. The normalized spacial score (nSPS) is 37.2. The van der Waals surface area contributed by atoms with Crippen molar-refractivity contribution in [3.8, 4) is 0 Å². The Morgan fingerprint density at radius 2 is 1.88 bits per heavy atom. The SMILES string of the molecule is CCCC1CCC(O)CC1N1CCC(F)CC1. The summed E-state index contributed by atoms with van der Waals surface area (Å²) in [5, 5.41) is 9.85. The molecule has 2 fully saturated rings. The number of hydrogen-bond donors (Lipinski definition) is 1. The molecule has 1 saturated carbocycles. The van der Waals surface area contributed by atoms with Gasteiger partial charge in [-0.2, -0.15) is 0 Å². The topological polar surface area (TPSA) is 23.5 Å². The first-order valence-electron chi connectivity index (χ1n) is 7.27. The fourth-order valence-electron chi connectivity index (χ4n) is 3.54. The van der Waals surface area contributed by atoms with E-state index in [0.29, 0.717) is 18.9 Å². The molecule has 2 aliphatic rings. The molecule has 0 aromatic heterocycles. The number of rotatable bonds is 3. The Balaban J connectivity index is 1.94. The molecule has 0 spiro atoms. The van der Waals surface area contributed by atoms with Crippen LogP contribution in [-0.2, 0) is 0 Å². The third kappa shape index (κ3) is 3.41. The largest absolute Gasteiger partial charge is 0.393 e. The minimum absolute atomic E-state index is 0.129. The molecular formula is C14H26FNO. The highest BCUT2D eigenvalue weighted by Gasteiger charge is 2.34. The maximum absolute atomic E-state index is 13.2. The molecule has 3 atom stereocenters. The van der Waals surface area contributed by atoms with Gasteiger partial charge in [-0.05, 0) is 44.4 Å². The highest BCUT2D eigenvalue weighted by molar-refractivity contribution is 4.88. The van der Waals surface area contributed by atoms with Crippen LogP contribution in [0.15, 0.2) is 0 Å². The zero-order valence-corrected chi connectivity index (χ0v) is 10.9. The van der Waals surface area contributed by atoms with Crippen LogP contribution in [0, 0.1) is 5.92 Å². The number of piperidine rings is 1. The van der Waals surface area contributed by atoms with Crippen molar-refractivity contribution in [3.05, 3.63) is 0 Å². The number of alkyl halides is 1. The van der Waals surface area contributed by atoms with Gasteiger partial charge in [0, 0.05) is 19.1 Å². The molecular weight excluding hydrogens is 217 g/mol. The molecule has 1 N–H and O–H groups in total. The van der Waals surface area contributed by atoms with Crippen molar-refractivity contribution >= 4 is 0 Å².